The highest BCUT2D eigenvalue weighted by Crippen LogP contribution is 2.47. The Kier molecular flexibility index (Phi) is 3.15. The largest absolute Gasteiger partial charge is 0.487 e. The number of hydrogen-bond acceptors (Lipinski definition) is 3. The first-order chi connectivity index (χ1) is 8.89. The van der Waals surface area contributed by atoms with Crippen molar-refractivity contribution in [3.63, 3.8) is 0 Å². The van der Waals surface area contributed by atoms with Gasteiger partial charge in [-0.3, -0.25) is 0 Å². The number of rotatable bonds is 0. The first-order valence-corrected chi connectivity index (χ1v) is 7.49. The summed E-state index contributed by atoms with van der Waals surface area (Å²) >= 11 is 3.46. The molecule has 0 aliphatic carbocycles. The summed E-state index contributed by atoms with van der Waals surface area (Å²) in [6.07, 6.45) is 1.84. The minimum absolute atomic E-state index is 0.193. The Morgan fingerprint density at radius 2 is 2.16 bits per heavy atom. The van der Waals surface area contributed by atoms with Crippen LogP contribution in [0.3, 0.4) is 0 Å². The van der Waals surface area contributed by atoms with E-state index >= 15 is 0 Å². The molecule has 2 unspecified atom stereocenters. The molecule has 2 aliphatic rings. The van der Waals surface area contributed by atoms with Gasteiger partial charge in [0.05, 0.1) is 18.3 Å². The summed E-state index contributed by atoms with van der Waals surface area (Å²) in [4.78, 5) is 0. The highest BCUT2D eigenvalue weighted by Gasteiger charge is 2.47. The minimum atomic E-state index is -0.453. The van der Waals surface area contributed by atoms with E-state index in [9.17, 15) is 5.11 Å². The summed E-state index contributed by atoms with van der Waals surface area (Å²) in [5.74, 6) is 0.797. The maximum Gasteiger partial charge on any atom is 0.127 e. The molecule has 1 spiro atoms. The molecule has 0 amide bonds. The SMILES string of the molecule is CC1(C)CC2(CCO1)CC(O)c1ccc(Br)cc1O2. The van der Waals surface area contributed by atoms with Gasteiger partial charge >= 0.3 is 0 Å². The van der Waals surface area contributed by atoms with Crippen molar-refractivity contribution in [1.82, 2.24) is 0 Å². The Morgan fingerprint density at radius 3 is 2.89 bits per heavy atom. The van der Waals surface area contributed by atoms with Crippen LogP contribution in [0.2, 0.25) is 0 Å². The highest BCUT2D eigenvalue weighted by atomic mass is 79.9. The van der Waals surface area contributed by atoms with Gasteiger partial charge in [0.15, 0.2) is 0 Å². The predicted octanol–water partition coefficient (Wildman–Crippen LogP) is 3.59. The second kappa shape index (κ2) is 4.47. The molecule has 3 rings (SSSR count). The van der Waals surface area contributed by atoms with Crippen LogP contribution in [0.15, 0.2) is 22.7 Å². The molecular weight excluding hydrogens is 308 g/mol. The fourth-order valence-electron chi connectivity index (χ4n) is 3.30. The maximum atomic E-state index is 10.4. The molecular formula is C15H19BrO3. The molecule has 2 atom stereocenters. The Labute approximate surface area is 122 Å². The van der Waals surface area contributed by atoms with Gasteiger partial charge in [0, 0.05) is 29.3 Å². The van der Waals surface area contributed by atoms with Crippen molar-refractivity contribution in [2.45, 2.75) is 50.4 Å². The smallest absolute Gasteiger partial charge is 0.127 e. The zero-order valence-electron chi connectivity index (χ0n) is 11.3. The molecule has 0 bridgehead atoms. The van der Waals surface area contributed by atoms with Crippen molar-refractivity contribution >= 4 is 15.9 Å². The molecule has 2 aliphatic heterocycles. The molecule has 0 aromatic heterocycles. The number of benzene rings is 1. The second-order valence-electron chi connectivity index (χ2n) is 6.22. The lowest BCUT2D eigenvalue weighted by Crippen LogP contribution is -2.51. The van der Waals surface area contributed by atoms with Crippen molar-refractivity contribution in [2.24, 2.45) is 0 Å². The lowest BCUT2D eigenvalue weighted by molar-refractivity contribution is -0.151. The zero-order valence-corrected chi connectivity index (χ0v) is 12.9. The number of fused-ring (bicyclic) bond motifs is 1. The van der Waals surface area contributed by atoms with Gasteiger partial charge in [-0.15, -0.1) is 0 Å². The molecule has 0 radical (unpaired) electrons. The average Bonchev–Trinajstić information content (AvgIpc) is 2.25. The highest BCUT2D eigenvalue weighted by molar-refractivity contribution is 9.10. The predicted molar refractivity (Wildman–Crippen MR) is 76.3 cm³/mol. The molecule has 104 valence electrons. The van der Waals surface area contributed by atoms with Crippen LogP contribution in [0, 0.1) is 0 Å². The first kappa shape index (κ1) is 13.4. The summed E-state index contributed by atoms with van der Waals surface area (Å²) < 4.78 is 13.0. The van der Waals surface area contributed by atoms with E-state index in [-0.39, 0.29) is 11.2 Å². The van der Waals surface area contributed by atoms with Crippen molar-refractivity contribution in [3.05, 3.63) is 28.2 Å². The van der Waals surface area contributed by atoms with E-state index in [1.807, 2.05) is 18.2 Å². The summed E-state index contributed by atoms with van der Waals surface area (Å²) in [5, 5.41) is 10.4. The Balaban J connectivity index is 1.95. The van der Waals surface area contributed by atoms with Gasteiger partial charge in [0.2, 0.25) is 0 Å². The fourth-order valence-corrected chi connectivity index (χ4v) is 3.64. The maximum absolute atomic E-state index is 10.4. The van der Waals surface area contributed by atoms with E-state index in [0.717, 1.165) is 28.6 Å². The van der Waals surface area contributed by atoms with Crippen molar-refractivity contribution in [2.75, 3.05) is 6.61 Å². The van der Waals surface area contributed by atoms with Crippen LogP contribution in [-0.2, 0) is 4.74 Å². The van der Waals surface area contributed by atoms with Crippen LogP contribution in [0.1, 0.15) is 44.8 Å². The van der Waals surface area contributed by atoms with Gasteiger partial charge in [-0.05, 0) is 26.0 Å². The minimum Gasteiger partial charge on any atom is -0.487 e. The Hall–Kier alpha value is -0.580. The molecule has 1 aromatic rings. The van der Waals surface area contributed by atoms with Crippen LogP contribution in [0.4, 0.5) is 0 Å². The number of hydrogen-bond donors (Lipinski definition) is 1. The van der Waals surface area contributed by atoms with Gasteiger partial charge in [0.25, 0.3) is 0 Å². The van der Waals surface area contributed by atoms with E-state index in [0.29, 0.717) is 13.0 Å². The quantitative estimate of drug-likeness (QED) is 0.791. The monoisotopic (exact) mass is 326 g/mol. The number of halogens is 1. The van der Waals surface area contributed by atoms with Crippen LogP contribution < -0.4 is 4.74 Å². The third-order valence-corrected chi connectivity index (χ3v) is 4.52. The number of ether oxygens (including phenoxy) is 2. The van der Waals surface area contributed by atoms with Crippen LogP contribution in [0.5, 0.6) is 5.75 Å². The Morgan fingerprint density at radius 1 is 1.37 bits per heavy atom. The van der Waals surface area contributed by atoms with Crippen molar-refractivity contribution < 1.29 is 14.6 Å². The average molecular weight is 327 g/mol. The molecule has 0 saturated carbocycles. The van der Waals surface area contributed by atoms with E-state index in [1.54, 1.807) is 0 Å². The lowest BCUT2D eigenvalue weighted by Gasteiger charge is -2.48. The topological polar surface area (TPSA) is 38.7 Å². The molecule has 1 saturated heterocycles. The standard InChI is InChI=1S/C15H19BrO3/c1-14(2)9-15(5-6-18-14)8-12(17)11-4-3-10(16)7-13(11)19-15/h3-4,7,12,17H,5-6,8-9H2,1-2H3. The molecule has 3 nitrogen and oxygen atoms in total. The second-order valence-corrected chi connectivity index (χ2v) is 7.14. The third kappa shape index (κ3) is 2.54. The molecule has 1 N–H and O–H groups in total. The van der Waals surface area contributed by atoms with Crippen LogP contribution in [0.25, 0.3) is 0 Å². The van der Waals surface area contributed by atoms with E-state index < -0.39 is 6.10 Å². The van der Waals surface area contributed by atoms with E-state index in [1.165, 1.54) is 0 Å². The van der Waals surface area contributed by atoms with Gasteiger partial charge in [-0.25, -0.2) is 0 Å². The van der Waals surface area contributed by atoms with Crippen molar-refractivity contribution in [3.8, 4) is 5.75 Å². The summed E-state index contributed by atoms with van der Waals surface area (Å²) in [7, 11) is 0. The summed E-state index contributed by atoms with van der Waals surface area (Å²) in [6.45, 7) is 4.85. The fraction of sp³-hybridized carbons (Fsp3) is 0.600. The zero-order chi connectivity index (χ0) is 13.7. The summed E-state index contributed by atoms with van der Waals surface area (Å²) in [5.41, 5.74) is 0.398. The Bertz CT molecular complexity index is 500. The van der Waals surface area contributed by atoms with Gasteiger partial charge in [-0.1, -0.05) is 22.0 Å². The first-order valence-electron chi connectivity index (χ1n) is 6.70. The van der Waals surface area contributed by atoms with Crippen LogP contribution in [-0.4, -0.2) is 22.9 Å². The van der Waals surface area contributed by atoms with Gasteiger partial charge in [0.1, 0.15) is 11.4 Å². The summed E-state index contributed by atoms with van der Waals surface area (Å²) in [6, 6.07) is 5.82. The van der Waals surface area contributed by atoms with Gasteiger partial charge < -0.3 is 14.6 Å². The van der Waals surface area contributed by atoms with Crippen molar-refractivity contribution in [1.29, 1.82) is 0 Å². The van der Waals surface area contributed by atoms with E-state index in [2.05, 4.69) is 29.8 Å². The third-order valence-electron chi connectivity index (χ3n) is 4.02. The number of aliphatic hydroxyl groups is 1. The molecule has 1 aromatic carbocycles. The molecule has 1 fully saturated rings. The molecule has 19 heavy (non-hydrogen) atoms. The lowest BCUT2D eigenvalue weighted by atomic mass is 9.77. The number of aliphatic hydroxyl groups excluding tert-OH is 1. The van der Waals surface area contributed by atoms with Crippen LogP contribution >= 0.6 is 15.9 Å². The normalized spacial score (nSPS) is 32.7. The van der Waals surface area contributed by atoms with Gasteiger partial charge in [-0.2, -0.15) is 0 Å². The van der Waals surface area contributed by atoms with E-state index in [4.69, 9.17) is 9.47 Å². The molecule has 4 heteroatoms. The molecule has 2 heterocycles.